The van der Waals surface area contributed by atoms with Crippen LogP contribution in [0, 0.1) is 0 Å². The van der Waals surface area contributed by atoms with Crippen molar-refractivity contribution in [3.05, 3.63) is 30.2 Å². The zero-order valence-electron chi connectivity index (χ0n) is 10.7. The molecular formula is C12H17IN6. The third kappa shape index (κ3) is 3.34. The van der Waals surface area contributed by atoms with Gasteiger partial charge in [0.15, 0.2) is 17.4 Å². The van der Waals surface area contributed by atoms with Crippen molar-refractivity contribution in [2.45, 2.75) is 25.4 Å². The van der Waals surface area contributed by atoms with E-state index in [1.165, 1.54) is 12.8 Å². The summed E-state index contributed by atoms with van der Waals surface area (Å²) in [5.41, 5.74) is 0.861. The van der Waals surface area contributed by atoms with Crippen LogP contribution < -0.4 is 10.6 Å². The molecule has 0 radical (unpaired) electrons. The molecule has 0 bridgehead atoms. The minimum absolute atomic E-state index is 0. The second-order valence-corrected chi connectivity index (χ2v) is 4.39. The summed E-state index contributed by atoms with van der Waals surface area (Å²) in [7, 11) is 1.78. The maximum absolute atomic E-state index is 4.18. The monoisotopic (exact) mass is 372 g/mol. The lowest BCUT2D eigenvalue weighted by Gasteiger charge is -2.09. The van der Waals surface area contributed by atoms with Crippen LogP contribution in [0.15, 0.2) is 29.4 Å². The van der Waals surface area contributed by atoms with E-state index in [1.807, 2.05) is 28.8 Å². The first-order valence-electron chi connectivity index (χ1n) is 6.12. The highest BCUT2D eigenvalue weighted by atomic mass is 127. The molecule has 1 fully saturated rings. The molecule has 0 aliphatic heterocycles. The minimum Gasteiger partial charge on any atom is -0.354 e. The molecule has 7 heteroatoms. The minimum atomic E-state index is 0. The topological polar surface area (TPSA) is 66.6 Å². The molecule has 0 amide bonds. The first-order chi connectivity index (χ1) is 8.86. The maximum Gasteiger partial charge on any atom is 0.191 e. The Morgan fingerprint density at radius 3 is 3.00 bits per heavy atom. The number of pyridine rings is 1. The fourth-order valence-corrected chi connectivity index (χ4v) is 1.79. The molecule has 6 nitrogen and oxygen atoms in total. The van der Waals surface area contributed by atoms with Gasteiger partial charge in [-0.3, -0.25) is 9.39 Å². The van der Waals surface area contributed by atoms with Gasteiger partial charge in [-0.1, -0.05) is 6.07 Å². The molecule has 2 aromatic rings. The van der Waals surface area contributed by atoms with Crippen LogP contribution in [0.1, 0.15) is 18.7 Å². The van der Waals surface area contributed by atoms with Gasteiger partial charge in [-0.15, -0.1) is 34.2 Å². The Morgan fingerprint density at radius 2 is 2.26 bits per heavy atom. The molecule has 2 N–H and O–H groups in total. The fraction of sp³-hybridized carbons (Fsp3) is 0.417. The van der Waals surface area contributed by atoms with Gasteiger partial charge >= 0.3 is 0 Å². The lowest BCUT2D eigenvalue weighted by Crippen LogP contribution is -2.38. The second kappa shape index (κ2) is 6.18. The van der Waals surface area contributed by atoms with E-state index in [9.17, 15) is 0 Å². The standard InChI is InChI=1S/C12H16N6.HI/c1-13-12(15-9-5-6-9)14-8-11-17-16-10-4-2-3-7-18(10)11;/h2-4,7,9H,5-6,8H2,1H3,(H2,13,14,15);1H. The first-order valence-corrected chi connectivity index (χ1v) is 6.12. The highest BCUT2D eigenvalue weighted by molar-refractivity contribution is 14.0. The van der Waals surface area contributed by atoms with Crippen molar-refractivity contribution in [1.29, 1.82) is 0 Å². The third-order valence-electron chi connectivity index (χ3n) is 2.94. The van der Waals surface area contributed by atoms with E-state index in [4.69, 9.17) is 0 Å². The largest absolute Gasteiger partial charge is 0.354 e. The number of guanidine groups is 1. The summed E-state index contributed by atoms with van der Waals surface area (Å²) in [5, 5.41) is 14.9. The zero-order valence-corrected chi connectivity index (χ0v) is 13.0. The van der Waals surface area contributed by atoms with Gasteiger partial charge in [0.25, 0.3) is 0 Å². The van der Waals surface area contributed by atoms with E-state index in [2.05, 4.69) is 25.8 Å². The Bertz CT molecular complexity index is 574. The lowest BCUT2D eigenvalue weighted by atomic mass is 10.4. The number of hydrogen-bond acceptors (Lipinski definition) is 3. The Labute approximate surface area is 128 Å². The fourth-order valence-electron chi connectivity index (χ4n) is 1.79. The predicted octanol–water partition coefficient (Wildman–Crippen LogP) is 1.17. The summed E-state index contributed by atoms with van der Waals surface area (Å²) in [5.74, 6) is 1.70. The van der Waals surface area contributed by atoms with Crippen LogP contribution in [0.4, 0.5) is 0 Å². The van der Waals surface area contributed by atoms with Gasteiger partial charge in [-0.2, -0.15) is 0 Å². The van der Waals surface area contributed by atoms with Gasteiger partial charge in [0.1, 0.15) is 0 Å². The third-order valence-corrected chi connectivity index (χ3v) is 2.94. The molecule has 3 rings (SSSR count). The highest BCUT2D eigenvalue weighted by Gasteiger charge is 2.22. The van der Waals surface area contributed by atoms with Gasteiger partial charge in [-0.05, 0) is 25.0 Å². The predicted molar refractivity (Wildman–Crippen MR) is 84.8 cm³/mol. The molecule has 0 atom stereocenters. The normalized spacial score (nSPS) is 15.1. The summed E-state index contributed by atoms with van der Waals surface area (Å²) >= 11 is 0. The maximum atomic E-state index is 4.18. The number of nitrogens with zero attached hydrogens (tertiary/aromatic N) is 4. The molecule has 0 aromatic carbocycles. The molecule has 1 aliphatic carbocycles. The van der Waals surface area contributed by atoms with Crippen molar-refractivity contribution in [2.75, 3.05) is 7.05 Å². The summed E-state index contributed by atoms with van der Waals surface area (Å²) in [4.78, 5) is 4.18. The number of aromatic nitrogens is 3. The average molecular weight is 372 g/mol. The second-order valence-electron chi connectivity index (χ2n) is 4.39. The number of rotatable bonds is 3. The van der Waals surface area contributed by atoms with Crippen molar-refractivity contribution in [3.63, 3.8) is 0 Å². The molecular weight excluding hydrogens is 355 g/mol. The molecule has 1 saturated carbocycles. The summed E-state index contributed by atoms with van der Waals surface area (Å²) < 4.78 is 1.97. The Hall–Kier alpha value is -1.38. The van der Waals surface area contributed by atoms with Crippen molar-refractivity contribution in [1.82, 2.24) is 25.2 Å². The van der Waals surface area contributed by atoms with Crippen LogP contribution in [0.2, 0.25) is 0 Å². The number of halogens is 1. The smallest absolute Gasteiger partial charge is 0.191 e. The van der Waals surface area contributed by atoms with Crippen LogP contribution in [0.25, 0.3) is 5.65 Å². The van der Waals surface area contributed by atoms with E-state index < -0.39 is 0 Å². The number of hydrogen-bond donors (Lipinski definition) is 2. The summed E-state index contributed by atoms with van der Waals surface area (Å²) in [6, 6.07) is 6.45. The van der Waals surface area contributed by atoms with E-state index in [-0.39, 0.29) is 24.0 Å². The molecule has 0 spiro atoms. The van der Waals surface area contributed by atoms with Gasteiger partial charge in [0.05, 0.1) is 6.54 Å². The molecule has 0 saturated heterocycles. The van der Waals surface area contributed by atoms with Crippen molar-refractivity contribution in [3.8, 4) is 0 Å². The molecule has 1 aliphatic rings. The van der Waals surface area contributed by atoms with Crippen LogP contribution in [0.5, 0.6) is 0 Å². The van der Waals surface area contributed by atoms with Gasteiger partial charge in [0.2, 0.25) is 0 Å². The number of fused-ring (bicyclic) bond motifs is 1. The van der Waals surface area contributed by atoms with E-state index >= 15 is 0 Å². The Balaban J connectivity index is 0.00000133. The summed E-state index contributed by atoms with van der Waals surface area (Å²) in [6.45, 7) is 0.609. The van der Waals surface area contributed by atoms with Crippen molar-refractivity contribution >= 4 is 35.6 Å². The van der Waals surface area contributed by atoms with E-state index in [0.717, 1.165) is 17.4 Å². The van der Waals surface area contributed by atoms with Gasteiger partial charge in [0, 0.05) is 19.3 Å². The molecule has 2 aromatic heterocycles. The highest BCUT2D eigenvalue weighted by Crippen LogP contribution is 2.18. The SMILES string of the molecule is CN=C(NCc1nnc2ccccn12)NC1CC1.I. The average Bonchev–Trinajstić information content (AvgIpc) is 3.13. The first kappa shape index (κ1) is 14.0. The lowest BCUT2D eigenvalue weighted by molar-refractivity contribution is 0.761. The van der Waals surface area contributed by atoms with Crippen molar-refractivity contribution in [2.24, 2.45) is 4.99 Å². The number of nitrogens with one attached hydrogen (secondary N) is 2. The van der Waals surface area contributed by atoms with Crippen LogP contribution in [0.3, 0.4) is 0 Å². The van der Waals surface area contributed by atoms with Crippen molar-refractivity contribution < 1.29 is 0 Å². The Kier molecular flexibility index (Phi) is 4.56. The van der Waals surface area contributed by atoms with Gasteiger partial charge < -0.3 is 10.6 Å². The summed E-state index contributed by atoms with van der Waals surface area (Å²) in [6.07, 6.45) is 4.42. The quantitative estimate of drug-likeness (QED) is 0.483. The Morgan fingerprint density at radius 1 is 1.42 bits per heavy atom. The molecule has 19 heavy (non-hydrogen) atoms. The van der Waals surface area contributed by atoms with E-state index in [1.54, 1.807) is 7.05 Å². The zero-order chi connectivity index (χ0) is 12.4. The van der Waals surface area contributed by atoms with Crippen LogP contribution in [-0.2, 0) is 6.54 Å². The van der Waals surface area contributed by atoms with E-state index in [0.29, 0.717) is 12.6 Å². The van der Waals surface area contributed by atoms with Gasteiger partial charge in [-0.25, -0.2) is 0 Å². The molecule has 2 heterocycles. The molecule has 0 unspecified atom stereocenters. The number of aliphatic imine (C=N–C) groups is 1. The van der Waals surface area contributed by atoms with Crippen LogP contribution >= 0.6 is 24.0 Å². The van der Waals surface area contributed by atoms with Crippen LogP contribution in [-0.4, -0.2) is 33.6 Å². The molecule has 102 valence electrons.